The van der Waals surface area contributed by atoms with Gasteiger partial charge in [0.05, 0.1) is 30.8 Å². The Kier molecular flexibility index (Phi) is 2.76. The van der Waals surface area contributed by atoms with Crippen LogP contribution in [0.5, 0.6) is 0 Å². The average Bonchev–Trinajstić information content (AvgIpc) is 2.82. The minimum absolute atomic E-state index is 0.351. The number of pyridine rings is 1. The lowest BCUT2D eigenvalue weighted by Crippen LogP contribution is -2.45. The van der Waals surface area contributed by atoms with Crippen LogP contribution in [0.1, 0.15) is 12.8 Å². The highest BCUT2D eigenvalue weighted by molar-refractivity contribution is 5.66. The van der Waals surface area contributed by atoms with Crippen LogP contribution in [0.3, 0.4) is 0 Å². The van der Waals surface area contributed by atoms with E-state index < -0.39 is 0 Å². The smallest absolute Gasteiger partial charge is 0.171 e. The molecule has 1 aromatic heterocycles. The van der Waals surface area contributed by atoms with Gasteiger partial charge in [0.2, 0.25) is 0 Å². The summed E-state index contributed by atoms with van der Waals surface area (Å²) < 4.78 is 11.4. The molecule has 18 heavy (non-hydrogen) atoms. The second-order valence-electron chi connectivity index (χ2n) is 4.77. The molecule has 0 aromatic carbocycles. The monoisotopic (exact) mass is 250 g/mol. The molecule has 2 fully saturated rings. The molecule has 0 saturated carbocycles. The van der Waals surface area contributed by atoms with Gasteiger partial charge in [0, 0.05) is 32.0 Å². The Morgan fingerprint density at radius 2 is 1.78 bits per heavy atom. The fourth-order valence-corrected chi connectivity index (χ4v) is 2.51. The molecule has 98 valence electrons. The molecule has 0 radical (unpaired) electrons. The number of nitrogens with zero attached hydrogens (tertiary/aromatic N) is 2. The molecule has 0 amide bonds. The molecule has 3 heterocycles. The van der Waals surface area contributed by atoms with E-state index in [1.165, 1.54) is 0 Å². The van der Waals surface area contributed by atoms with Crippen molar-refractivity contribution in [2.24, 2.45) is 0 Å². The average molecular weight is 250 g/mol. The van der Waals surface area contributed by atoms with Gasteiger partial charge in [-0.2, -0.15) is 0 Å². The van der Waals surface area contributed by atoms with Crippen LogP contribution in [0, 0.1) is 0 Å². The van der Waals surface area contributed by atoms with Gasteiger partial charge < -0.3 is 25.8 Å². The lowest BCUT2D eigenvalue weighted by Gasteiger charge is -2.38. The first-order chi connectivity index (χ1) is 8.69. The number of hydrogen-bond donors (Lipinski definition) is 2. The van der Waals surface area contributed by atoms with Gasteiger partial charge in [-0.15, -0.1) is 0 Å². The van der Waals surface area contributed by atoms with Crippen LogP contribution in [0.4, 0.5) is 17.2 Å². The highest BCUT2D eigenvalue weighted by atomic mass is 16.7. The maximum Gasteiger partial charge on any atom is 0.171 e. The van der Waals surface area contributed by atoms with E-state index >= 15 is 0 Å². The molecule has 1 spiro atoms. The molecule has 2 aliphatic heterocycles. The molecular formula is C12H18N4O2. The van der Waals surface area contributed by atoms with E-state index in [-0.39, 0.29) is 5.79 Å². The van der Waals surface area contributed by atoms with Crippen molar-refractivity contribution >= 4 is 17.2 Å². The predicted molar refractivity (Wildman–Crippen MR) is 69.1 cm³/mol. The third kappa shape index (κ3) is 1.97. The van der Waals surface area contributed by atoms with Crippen LogP contribution < -0.4 is 16.4 Å². The molecule has 1 aromatic rings. The van der Waals surface area contributed by atoms with Crippen molar-refractivity contribution in [1.82, 2.24) is 4.98 Å². The molecule has 0 bridgehead atoms. The summed E-state index contributed by atoms with van der Waals surface area (Å²) >= 11 is 0. The molecule has 2 aliphatic rings. The summed E-state index contributed by atoms with van der Waals surface area (Å²) in [4.78, 5) is 6.50. The molecule has 0 aliphatic carbocycles. The van der Waals surface area contributed by atoms with Crippen LogP contribution in [0.25, 0.3) is 0 Å². The Labute approximate surface area is 106 Å². The third-order valence-corrected chi connectivity index (χ3v) is 3.62. The molecular weight excluding hydrogens is 232 g/mol. The fourth-order valence-electron chi connectivity index (χ4n) is 2.51. The van der Waals surface area contributed by atoms with Gasteiger partial charge in [0.25, 0.3) is 0 Å². The summed E-state index contributed by atoms with van der Waals surface area (Å²) in [5.41, 5.74) is 12.6. The number of ether oxygens (including phenoxy) is 2. The van der Waals surface area contributed by atoms with Crippen LogP contribution in [0.15, 0.2) is 12.3 Å². The van der Waals surface area contributed by atoms with Crippen molar-refractivity contribution in [2.45, 2.75) is 18.6 Å². The Morgan fingerprint density at radius 1 is 1.11 bits per heavy atom. The second-order valence-corrected chi connectivity index (χ2v) is 4.77. The Bertz CT molecular complexity index is 436. The van der Waals surface area contributed by atoms with Gasteiger partial charge in [-0.1, -0.05) is 0 Å². The minimum atomic E-state index is -0.351. The van der Waals surface area contributed by atoms with Crippen molar-refractivity contribution < 1.29 is 9.47 Å². The SMILES string of the molecule is Nc1cnc(N2CCC3(CC2)OCCO3)cc1N. The van der Waals surface area contributed by atoms with Gasteiger partial charge >= 0.3 is 0 Å². The van der Waals surface area contributed by atoms with E-state index in [4.69, 9.17) is 20.9 Å². The number of piperidine rings is 1. The zero-order chi connectivity index (χ0) is 12.6. The second kappa shape index (κ2) is 4.29. The van der Waals surface area contributed by atoms with Crippen molar-refractivity contribution in [3.05, 3.63) is 12.3 Å². The standard InChI is InChI=1S/C12H18N4O2/c13-9-7-11(15-8-10(9)14)16-3-1-12(2-4-16)17-5-6-18-12/h7-8H,1-6,14H2,(H2,13,15). The van der Waals surface area contributed by atoms with Crippen LogP contribution in [-0.4, -0.2) is 37.1 Å². The first kappa shape index (κ1) is 11.6. The largest absolute Gasteiger partial charge is 0.397 e. The number of rotatable bonds is 1. The van der Waals surface area contributed by atoms with E-state index in [9.17, 15) is 0 Å². The lowest BCUT2D eigenvalue weighted by molar-refractivity contribution is -0.169. The summed E-state index contributed by atoms with van der Waals surface area (Å²) in [6.45, 7) is 3.12. The fraction of sp³-hybridized carbons (Fsp3) is 0.583. The van der Waals surface area contributed by atoms with E-state index in [2.05, 4.69) is 9.88 Å². The van der Waals surface area contributed by atoms with Crippen molar-refractivity contribution in [3.8, 4) is 0 Å². The predicted octanol–water partition coefficient (Wildman–Crippen LogP) is 0.589. The van der Waals surface area contributed by atoms with Crippen molar-refractivity contribution in [3.63, 3.8) is 0 Å². The third-order valence-electron chi connectivity index (χ3n) is 3.62. The quantitative estimate of drug-likeness (QED) is 0.758. The first-order valence-corrected chi connectivity index (χ1v) is 6.22. The summed E-state index contributed by atoms with van der Waals surface area (Å²) in [5, 5.41) is 0. The summed E-state index contributed by atoms with van der Waals surface area (Å²) in [6, 6.07) is 1.82. The van der Waals surface area contributed by atoms with Crippen LogP contribution in [-0.2, 0) is 9.47 Å². The van der Waals surface area contributed by atoms with Gasteiger partial charge in [0.15, 0.2) is 5.79 Å². The number of hydrogen-bond acceptors (Lipinski definition) is 6. The maximum atomic E-state index is 5.80. The van der Waals surface area contributed by atoms with Crippen molar-refractivity contribution in [2.75, 3.05) is 42.7 Å². The number of aromatic nitrogens is 1. The number of nitrogen functional groups attached to an aromatic ring is 2. The van der Waals surface area contributed by atoms with Crippen LogP contribution in [0.2, 0.25) is 0 Å². The Balaban J connectivity index is 1.70. The normalized spacial score (nSPS) is 22.6. The lowest BCUT2D eigenvalue weighted by atomic mass is 10.0. The molecule has 6 heteroatoms. The van der Waals surface area contributed by atoms with E-state index in [1.807, 2.05) is 6.07 Å². The van der Waals surface area contributed by atoms with Gasteiger partial charge in [-0.25, -0.2) is 4.98 Å². The number of anilines is 3. The van der Waals surface area contributed by atoms with Gasteiger partial charge in [0.1, 0.15) is 5.82 Å². The first-order valence-electron chi connectivity index (χ1n) is 6.22. The summed E-state index contributed by atoms with van der Waals surface area (Å²) in [6.07, 6.45) is 3.33. The Morgan fingerprint density at radius 3 is 2.39 bits per heavy atom. The van der Waals surface area contributed by atoms with Crippen LogP contribution >= 0.6 is 0 Å². The summed E-state index contributed by atoms with van der Waals surface area (Å²) in [5.74, 6) is 0.519. The highest BCUT2D eigenvalue weighted by Crippen LogP contribution is 2.33. The van der Waals surface area contributed by atoms with E-state index in [1.54, 1.807) is 6.20 Å². The van der Waals surface area contributed by atoms with Gasteiger partial charge in [-0.3, -0.25) is 0 Å². The van der Waals surface area contributed by atoms with E-state index in [0.717, 1.165) is 31.7 Å². The molecule has 0 unspecified atom stereocenters. The maximum absolute atomic E-state index is 5.80. The highest BCUT2D eigenvalue weighted by Gasteiger charge is 2.39. The molecule has 3 rings (SSSR count). The topological polar surface area (TPSA) is 86.6 Å². The zero-order valence-corrected chi connectivity index (χ0v) is 10.3. The summed E-state index contributed by atoms with van der Waals surface area (Å²) in [7, 11) is 0. The molecule has 6 nitrogen and oxygen atoms in total. The zero-order valence-electron chi connectivity index (χ0n) is 10.3. The van der Waals surface area contributed by atoms with E-state index in [0.29, 0.717) is 24.6 Å². The molecule has 4 N–H and O–H groups in total. The minimum Gasteiger partial charge on any atom is -0.397 e. The van der Waals surface area contributed by atoms with Crippen molar-refractivity contribution in [1.29, 1.82) is 0 Å². The molecule has 2 saturated heterocycles. The van der Waals surface area contributed by atoms with Gasteiger partial charge in [-0.05, 0) is 0 Å². The molecule has 0 atom stereocenters. The Hall–Kier alpha value is -1.53. The number of nitrogens with two attached hydrogens (primary N) is 2.